The second kappa shape index (κ2) is 4.72. The van der Waals surface area contributed by atoms with E-state index in [-0.39, 0.29) is 11.5 Å². The molecule has 0 amide bonds. The number of carboxylic acid groups (broad SMARTS) is 1. The van der Waals surface area contributed by atoms with Crippen molar-refractivity contribution in [2.24, 2.45) is 0 Å². The van der Waals surface area contributed by atoms with Crippen LogP contribution in [0.1, 0.15) is 23.2 Å². The van der Waals surface area contributed by atoms with E-state index in [0.717, 1.165) is 6.07 Å². The number of piperidine rings is 1. The van der Waals surface area contributed by atoms with Gasteiger partial charge in [-0.1, -0.05) is 0 Å². The molecule has 0 aromatic heterocycles. The summed E-state index contributed by atoms with van der Waals surface area (Å²) in [7, 11) is 0. The highest BCUT2D eigenvalue weighted by Gasteiger charge is 2.22. The van der Waals surface area contributed by atoms with E-state index in [9.17, 15) is 18.4 Å². The molecule has 0 aliphatic carbocycles. The van der Waals surface area contributed by atoms with Gasteiger partial charge in [0.2, 0.25) is 0 Å². The lowest BCUT2D eigenvalue weighted by Gasteiger charge is -2.28. The quantitative estimate of drug-likeness (QED) is 0.876. The zero-order valence-corrected chi connectivity index (χ0v) is 9.45. The molecule has 1 heterocycles. The molecule has 0 saturated carbocycles. The maximum absolute atomic E-state index is 13.7. The molecule has 1 aliphatic rings. The molecular weight excluding hydrogens is 244 g/mol. The zero-order valence-electron chi connectivity index (χ0n) is 9.45. The van der Waals surface area contributed by atoms with Crippen molar-refractivity contribution in [2.75, 3.05) is 18.0 Å². The van der Waals surface area contributed by atoms with Crippen LogP contribution in [0.4, 0.5) is 14.5 Å². The van der Waals surface area contributed by atoms with E-state index >= 15 is 0 Å². The monoisotopic (exact) mass is 255 g/mol. The average Bonchev–Trinajstić information content (AvgIpc) is 2.32. The van der Waals surface area contributed by atoms with Crippen molar-refractivity contribution in [2.45, 2.75) is 12.8 Å². The fourth-order valence-corrected chi connectivity index (χ4v) is 1.94. The molecule has 6 heteroatoms. The standard InChI is InChI=1S/C12H11F2NO3/c13-9-6-11(10(14)5-8(9)12(17)18)15-3-1-7(16)2-4-15/h5-6H,1-4H2,(H,17,18). The molecule has 1 aliphatic heterocycles. The van der Waals surface area contributed by atoms with Gasteiger partial charge in [-0.15, -0.1) is 0 Å². The summed E-state index contributed by atoms with van der Waals surface area (Å²) in [5.74, 6) is -3.18. The Morgan fingerprint density at radius 1 is 1.17 bits per heavy atom. The third-order valence-corrected chi connectivity index (χ3v) is 2.93. The van der Waals surface area contributed by atoms with E-state index in [4.69, 9.17) is 5.11 Å². The number of halogens is 2. The Labute approximate surface area is 102 Å². The van der Waals surface area contributed by atoms with Crippen LogP contribution in [0, 0.1) is 11.6 Å². The van der Waals surface area contributed by atoms with Crippen molar-refractivity contribution in [1.82, 2.24) is 0 Å². The Kier molecular flexibility index (Phi) is 3.27. The number of rotatable bonds is 2. The Bertz CT molecular complexity index is 506. The van der Waals surface area contributed by atoms with Crippen LogP contribution in [0.2, 0.25) is 0 Å². The summed E-state index contributed by atoms with van der Waals surface area (Å²) in [4.78, 5) is 23.2. The van der Waals surface area contributed by atoms with Gasteiger partial charge >= 0.3 is 5.97 Å². The first-order valence-corrected chi connectivity index (χ1v) is 5.48. The third-order valence-electron chi connectivity index (χ3n) is 2.93. The van der Waals surface area contributed by atoms with Gasteiger partial charge < -0.3 is 10.0 Å². The van der Waals surface area contributed by atoms with Gasteiger partial charge in [0.05, 0.1) is 11.3 Å². The second-order valence-corrected chi connectivity index (χ2v) is 4.11. The predicted octanol–water partition coefficient (Wildman–Crippen LogP) is 1.83. The lowest BCUT2D eigenvalue weighted by atomic mass is 10.1. The molecule has 0 bridgehead atoms. The Balaban J connectivity index is 2.32. The summed E-state index contributed by atoms with van der Waals surface area (Å²) < 4.78 is 27.2. The van der Waals surface area contributed by atoms with Crippen molar-refractivity contribution < 1.29 is 23.5 Å². The van der Waals surface area contributed by atoms with E-state index in [1.54, 1.807) is 4.90 Å². The van der Waals surface area contributed by atoms with Crippen molar-refractivity contribution in [1.29, 1.82) is 0 Å². The maximum atomic E-state index is 13.7. The van der Waals surface area contributed by atoms with E-state index in [1.807, 2.05) is 0 Å². The van der Waals surface area contributed by atoms with Gasteiger partial charge in [-0.2, -0.15) is 0 Å². The van der Waals surface area contributed by atoms with Crippen LogP contribution < -0.4 is 4.90 Å². The molecule has 4 nitrogen and oxygen atoms in total. The molecule has 0 spiro atoms. The van der Waals surface area contributed by atoms with Crippen molar-refractivity contribution >= 4 is 17.4 Å². The Hall–Kier alpha value is -1.98. The molecule has 0 radical (unpaired) electrons. The van der Waals surface area contributed by atoms with Crippen LogP contribution in [-0.2, 0) is 4.79 Å². The molecule has 1 aromatic rings. The van der Waals surface area contributed by atoms with Gasteiger partial charge in [-0.25, -0.2) is 13.6 Å². The molecule has 1 aromatic carbocycles. The number of carbonyl (C=O) groups is 2. The number of ketones is 1. The minimum Gasteiger partial charge on any atom is -0.478 e. The molecule has 2 rings (SSSR count). The zero-order chi connectivity index (χ0) is 13.3. The van der Waals surface area contributed by atoms with Crippen molar-refractivity contribution in [3.05, 3.63) is 29.3 Å². The van der Waals surface area contributed by atoms with Crippen molar-refractivity contribution in [3.63, 3.8) is 0 Å². The van der Waals surface area contributed by atoms with Crippen LogP contribution in [0.5, 0.6) is 0 Å². The number of benzene rings is 1. The van der Waals surface area contributed by atoms with E-state index in [0.29, 0.717) is 32.0 Å². The first-order chi connectivity index (χ1) is 8.49. The SMILES string of the molecule is O=C1CCN(c2cc(F)c(C(=O)O)cc2F)CC1. The highest BCUT2D eigenvalue weighted by Crippen LogP contribution is 2.25. The number of hydrogen-bond acceptors (Lipinski definition) is 3. The normalized spacial score (nSPS) is 15.9. The van der Waals surface area contributed by atoms with Gasteiger partial charge in [0.25, 0.3) is 0 Å². The predicted molar refractivity (Wildman–Crippen MR) is 59.8 cm³/mol. The molecule has 1 N–H and O–H groups in total. The Morgan fingerprint density at radius 2 is 1.78 bits per heavy atom. The van der Waals surface area contributed by atoms with Gasteiger partial charge in [0.15, 0.2) is 0 Å². The van der Waals surface area contributed by atoms with Gasteiger partial charge in [0, 0.05) is 32.0 Å². The molecular formula is C12H11F2NO3. The Morgan fingerprint density at radius 3 is 2.33 bits per heavy atom. The number of carboxylic acids is 1. The number of nitrogens with zero attached hydrogens (tertiary/aromatic N) is 1. The average molecular weight is 255 g/mol. The molecule has 1 saturated heterocycles. The lowest BCUT2D eigenvalue weighted by Crippen LogP contribution is -2.34. The van der Waals surface area contributed by atoms with Gasteiger partial charge in [0.1, 0.15) is 17.4 Å². The summed E-state index contributed by atoms with van der Waals surface area (Å²) in [6.07, 6.45) is 0.587. The summed E-state index contributed by atoms with van der Waals surface area (Å²) in [6.45, 7) is 0.642. The highest BCUT2D eigenvalue weighted by molar-refractivity contribution is 5.88. The highest BCUT2D eigenvalue weighted by atomic mass is 19.1. The number of anilines is 1. The maximum Gasteiger partial charge on any atom is 0.338 e. The van der Waals surface area contributed by atoms with E-state index in [1.165, 1.54) is 0 Å². The topological polar surface area (TPSA) is 57.6 Å². The van der Waals surface area contributed by atoms with Crippen LogP contribution >= 0.6 is 0 Å². The summed E-state index contributed by atoms with van der Waals surface area (Å²) >= 11 is 0. The fraction of sp³-hybridized carbons (Fsp3) is 0.333. The smallest absolute Gasteiger partial charge is 0.338 e. The largest absolute Gasteiger partial charge is 0.478 e. The first-order valence-electron chi connectivity index (χ1n) is 5.48. The number of carbonyl (C=O) groups excluding carboxylic acids is 1. The molecule has 0 atom stereocenters. The van der Waals surface area contributed by atoms with Crippen LogP contribution in [0.25, 0.3) is 0 Å². The summed E-state index contributed by atoms with van der Waals surface area (Å²) in [5.41, 5.74) is -0.686. The van der Waals surface area contributed by atoms with Crippen LogP contribution in [-0.4, -0.2) is 29.9 Å². The van der Waals surface area contributed by atoms with Gasteiger partial charge in [-0.3, -0.25) is 4.79 Å². The lowest BCUT2D eigenvalue weighted by molar-refractivity contribution is -0.119. The fourth-order valence-electron chi connectivity index (χ4n) is 1.94. The summed E-state index contributed by atoms with van der Waals surface area (Å²) in [6, 6.07) is 1.54. The van der Waals surface area contributed by atoms with Gasteiger partial charge in [-0.05, 0) is 6.07 Å². The molecule has 0 unspecified atom stereocenters. The molecule has 18 heavy (non-hydrogen) atoms. The first kappa shape index (κ1) is 12.5. The number of Topliss-reactive ketones (excluding diaryl/α,β-unsaturated/α-hetero) is 1. The number of hydrogen-bond donors (Lipinski definition) is 1. The minimum atomic E-state index is -1.51. The minimum absolute atomic E-state index is 0.00463. The van der Waals surface area contributed by atoms with Crippen molar-refractivity contribution in [3.8, 4) is 0 Å². The van der Waals surface area contributed by atoms with E-state index < -0.39 is 23.2 Å². The second-order valence-electron chi connectivity index (χ2n) is 4.11. The van der Waals surface area contributed by atoms with E-state index in [2.05, 4.69) is 0 Å². The van der Waals surface area contributed by atoms with Crippen LogP contribution in [0.3, 0.4) is 0 Å². The summed E-state index contributed by atoms with van der Waals surface area (Å²) in [5, 5.41) is 8.66. The van der Waals surface area contributed by atoms with Crippen LogP contribution in [0.15, 0.2) is 12.1 Å². The molecule has 96 valence electrons. The number of aromatic carboxylic acids is 1. The molecule has 1 fully saturated rings. The third kappa shape index (κ3) is 2.32.